The Labute approximate surface area is 163 Å². The van der Waals surface area contributed by atoms with Gasteiger partial charge in [0, 0.05) is 5.69 Å². The van der Waals surface area contributed by atoms with E-state index in [0.29, 0.717) is 5.69 Å². The van der Waals surface area contributed by atoms with Crippen molar-refractivity contribution >= 4 is 22.0 Å². The van der Waals surface area contributed by atoms with E-state index in [-0.39, 0.29) is 11.8 Å². The standard InChI is InChI=1S/C19H22F2N2O4S/c1-11(2)13-7-5-8-14(12(3)4)17(13)22-19(24)23-28(25,26)27-18-15(20)9-6-10-16(18)21/h5-12H,1-4H3,(H2,22,23,24). The van der Waals surface area contributed by atoms with Gasteiger partial charge in [-0.15, -0.1) is 0 Å². The van der Waals surface area contributed by atoms with Crippen LogP contribution >= 0.6 is 0 Å². The minimum atomic E-state index is -4.81. The van der Waals surface area contributed by atoms with Gasteiger partial charge in [-0.1, -0.05) is 52.0 Å². The Hall–Kier alpha value is -2.68. The van der Waals surface area contributed by atoms with Crippen molar-refractivity contribution in [2.75, 3.05) is 5.32 Å². The molecule has 0 saturated carbocycles. The zero-order valence-corrected chi connectivity index (χ0v) is 16.7. The Morgan fingerprint density at radius 3 is 1.86 bits per heavy atom. The summed E-state index contributed by atoms with van der Waals surface area (Å²) in [5.41, 5.74) is 2.12. The average Bonchev–Trinajstić information content (AvgIpc) is 2.57. The molecule has 0 aromatic heterocycles. The largest absolute Gasteiger partial charge is 0.411 e. The van der Waals surface area contributed by atoms with Gasteiger partial charge < -0.3 is 9.50 Å². The van der Waals surface area contributed by atoms with Crippen LogP contribution < -0.4 is 14.2 Å². The van der Waals surface area contributed by atoms with Crippen molar-refractivity contribution < 1.29 is 26.2 Å². The first-order valence-electron chi connectivity index (χ1n) is 8.62. The number of carbonyl (C=O) groups is 1. The number of para-hydroxylation sites is 2. The van der Waals surface area contributed by atoms with Crippen LogP contribution in [0.25, 0.3) is 0 Å². The van der Waals surface area contributed by atoms with Crippen molar-refractivity contribution in [2.45, 2.75) is 39.5 Å². The van der Waals surface area contributed by atoms with Crippen LogP contribution in [0.3, 0.4) is 0 Å². The number of anilines is 1. The molecule has 0 heterocycles. The molecule has 2 amide bonds. The van der Waals surface area contributed by atoms with Crippen LogP contribution in [0.4, 0.5) is 19.3 Å². The first kappa shape index (κ1) is 21.6. The lowest BCUT2D eigenvalue weighted by molar-refractivity contribution is 0.255. The Balaban J connectivity index is 2.24. The SMILES string of the molecule is CC(C)c1cccc(C(C)C)c1NC(=O)NS(=O)(=O)Oc1c(F)cccc1F. The number of amides is 2. The maximum absolute atomic E-state index is 13.6. The smallest absolute Gasteiger partial charge is 0.360 e. The van der Waals surface area contributed by atoms with Crippen LogP contribution in [0.15, 0.2) is 36.4 Å². The number of benzene rings is 2. The molecule has 0 unspecified atom stereocenters. The van der Waals surface area contributed by atoms with Gasteiger partial charge in [0.2, 0.25) is 5.75 Å². The normalized spacial score (nSPS) is 11.6. The monoisotopic (exact) mass is 412 g/mol. The number of hydrogen-bond acceptors (Lipinski definition) is 4. The molecule has 28 heavy (non-hydrogen) atoms. The van der Waals surface area contributed by atoms with E-state index in [2.05, 4.69) is 9.50 Å². The molecule has 0 spiro atoms. The zero-order valence-electron chi connectivity index (χ0n) is 15.9. The van der Waals surface area contributed by atoms with Gasteiger partial charge in [0.1, 0.15) is 0 Å². The summed E-state index contributed by atoms with van der Waals surface area (Å²) in [5, 5.41) is 2.52. The summed E-state index contributed by atoms with van der Waals surface area (Å²) in [6.45, 7) is 7.74. The van der Waals surface area contributed by atoms with Crippen molar-refractivity contribution in [3.63, 3.8) is 0 Å². The molecule has 0 bridgehead atoms. The van der Waals surface area contributed by atoms with Gasteiger partial charge in [0.05, 0.1) is 0 Å². The van der Waals surface area contributed by atoms with Gasteiger partial charge in [0.15, 0.2) is 11.6 Å². The van der Waals surface area contributed by atoms with Crippen molar-refractivity contribution in [3.8, 4) is 5.75 Å². The Morgan fingerprint density at radius 2 is 1.39 bits per heavy atom. The minimum absolute atomic E-state index is 0.0642. The quantitative estimate of drug-likeness (QED) is 0.723. The Morgan fingerprint density at radius 1 is 0.929 bits per heavy atom. The third-order valence-corrected chi connectivity index (χ3v) is 4.76. The highest BCUT2D eigenvalue weighted by Crippen LogP contribution is 2.32. The lowest BCUT2D eigenvalue weighted by Crippen LogP contribution is -2.38. The van der Waals surface area contributed by atoms with Gasteiger partial charge in [-0.3, -0.25) is 0 Å². The van der Waals surface area contributed by atoms with Crippen LogP contribution in [0.2, 0.25) is 0 Å². The fourth-order valence-corrected chi connectivity index (χ4v) is 3.34. The molecule has 0 aliphatic carbocycles. The highest BCUT2D eigenvalue weighted by Gasteiger charge is 2.23. The number of carbonyl (C=O) groups excluding carboxylic acids is 1. The number of nitrogens with one attached hydrogen (secondary N) is 2. The molecule has 2 aromatic rings. The molecular formula is C19H22F2N2O4S. The van der Waals surface area contributed by atoms with Gasteiger partial charge >= 0.3 is 16.3 Å². The van der Waals surface area contributed by atoms with Gasteiger partial charge in [-0.2, -0.15) is 8.42 Å². The van der Waals surface area contributed by atoms with Crippen molar-refractivity contribution in [3.05, 3.63) is 59.2 Å². The fourth-order valence-electron chi connectivity index (χ4n) is 2.64. The van der Waals surface area contributed by atoms with Gasteiger partial charge in [0.25, 0.3) is 0 Å². The molecule has 6 nitrogen and oxygen atoms in total. The van der Waals surface area contributed by atoms with E-state index in [4.69, 9.17) is 0 Å². The maximum atomic E-state index is 13.6. The molecule has 2 rings (SSSR count). The Kier molecular flexibility index (Phi) is 6.60. The lowest BCUT2D eigenvalue weighted by atomic mass is 9.93. The highest BCUT2D eigenvalue weighted by molar-refractivity contribution is 7.85. The lowest BCUT2D eigenvalue weighted by Gasteiger charge is -2.20. The third-order valence-electron chi connectivity index (χ3n) is 3.94. The van der Waals surface area contributed by atoms with Crippen LogP contribution in [-0.2, 0) is 10.3 Å². The summed E-state index contributed by atoms with van der Waals surface area (Å²) in [6.07, 6.45) is 0. The third kappa shape index (κ3) is 5.19. The summed E-state index contributed by atoms with van der Waals surface area (Å²) < 4.78 is 57.2. The molecule has 2 aromatic carbocycles. The minimum Gasteiger partial charge on any atom is -0.360 e. The summed E-state index contributed by atoms with van der Waals surface area (Å²) >= 11 is 0. The predicted molar refractivity (Wildman–Crippen MR) is 103 cm³/mol. The van der Waals surface area contributed by atoms with Gasteiger partial charge in [-0.25, -0.2) is 18.3 Å². The van der Waals surface area contributed by atoms with Crippen LogP contribution in [0.5, 0.6) is 5.75 Å². The van der Waals surface area contributed by atoms with E-state index in [9.17, 15) is 22.0 Å². The summed E-state index contributed by atoms with van der Waals surface area (Å²) in [4.78, 5) is 12.3. The molecule has 0 saturated heterocycles. The number of hydrogen-bond donors (Lipinski definition) is 2. The zero-order chi connectivity index (χ0) is 21.1. The molecule has 9 heteroatoms. The molecule has 0 radical (unpaired) electrons. The highest BCUT2D eigenvalue weighted by atomic mass is 32.2. The first-order chi connectivity index (χ1) is 13.0. The molecule has 152 valence electrons. The maximum Gasteiger partial charge on any atom is 0.411 e. The van der Waals surface area contributed by atoms with Crippen molar-refractivity contribution in [1.29, 1.82) is 0 Å². The van der Waals surface area contributed by atoms with E-state index >= 15 is 0 Å². The Bertz CT molecular complexity index is 929. The summed E-state index contributed by atoms with van der Waals surface area (Å²) in [6, 6.07) is 7.13. The summed E-state index contributed by atoms with van der Waals surface area (Å²) in [5.74, 6) is -3.41. The number of rotatable bonds is 6. The number of halogens is 2. The van der Waals surface area contributed by atoms with E-state index in [0.717, 1.165) is 29.3 Å². The topological polar surface area (TPSA) is 84.5 Å². The molecule has 2 N–H and O–H groups in total. The second kappa shape index (κ2) is 8.55. The molecule has 0 aliphatic heterocycles. The van der Waals surface area contributed by atoms with E-state index in [1.807, 2.05) is 45.9 Å². The second-order valence-electron chi connectivity index (χ2n) is 6.77. The number of urea groups is 1. The fraction of sp³-hybridized carbons (Fsp3) is 0.316. The summed E-state index contributed by atoms with van der Waals surface area (Å²) in [7, 11) is -4.81. The van der Waals surface area contributed by atoms with Crippen molar-refractivity contribution in [1.82, 2.24) is 4.72 Å². The van der Waals surface area contributed by atoms with Crippen LogP contribution in [-0.4, -0.2) is 14.4 Å². The molecule has 0 fully saturated rings. The van der Waals surface area contributed by atoms with E-state index in [1.54, 1.807) is 4.72 Å². The first-order valence-corrected chi connectivity index (χ1v) is 10.0. The van der Waals surface area contributed by atoms with Crippen LogP contribution in [0, 0.1) is 11.6 Å². The molecule has 0 atom stereocenters. The van der Waals surface area contributed by atoms with E-state index in [1.165, 1.54) is 0 Å². The van der Waals surface area contributed by atoms with Crippen molar-refractivity contribution in [2.24, 2.45) is 0 Å². The average molecular weight is 412 g/mol. The van der Waals surface area contributed by atoms with Crippen LogP contribution in [0.1, 0.15) is 50.7 Å². The van der Waals surface area contributed by atoms with Gasteiger partial charge in [-0.05, 0) is 35.1 Å². The molecule has 0 aliphatic rings. The predicted octanol–water partition coefficient (Wildman–Crippen LogP) is 4.66. The second-order valence-corrected chi connectivity index (χ2v) is 8.04. The molecular weight excluding hydrogens is 390 g/mol. The van der Waals surface area contributed by atoms with E-state index < -0.39 is 33.7 Å².